The maximum atomic E-state index is 15.1. The standard InChI is InChI=1S/C21H24ClFN6O2S/c1-10-3-4-12-13(7-15(23)19-20(12)29(10)11(2)25-19)18-14(22)8-24-21(27-18)26-16-5-6-28(32-31)9-17(16)30/h7-8,10,16-17,30,32H,3-6,9H2,1-2H3,(H,24,26,27)/t10-,16+,17?/m0/s1. The Morgan fingerprint density at radius 3 is 2.91 bits per heavy atom. The van der Waals surface area contributed by atoms with Gasteiger partial charge >= 0.3 is 0 Å². The van der Waals surface area contributed by atoms with Crippen LogP contribution in [-0.2, 0) is 18.3 Å². The van der Waals surface area contributed by atoms with Crippen LogP contribution in [0.3, 0.4) is 0 Å². The molecule has 1 saturated heterocycles. The minimum atomic E-state index is -0.721. The molecule has 2 N–H and O–H groups in total. The van der Waals surface area contributed by atoms with E-state index in [0.29, 0.717) is 40.7 Å². The third kappa shape index (κ3) is 3.59. The van der Waals surface area contributed by atoms with Gasteiger partial charge in [0.15, 0.2) is 5.82 Å². The maximum absolute atomic E-state index is 15.1. The number of aliphatic hydroxyl groups is 1. The van der Waals surface area contributed by atoms with Crippen LogP contribution in [0.5, 0.6) is 0 Å². The molecule has 2 aromatic heterocycles. The average Bonchev–Trinajstić information content (AvgIpc) is 3.14. The SMILES string of the molecule is Cc1nc2c(F)cc(-c3nc(N[C@@H]4CCN([SH]=O)CC4O)ncc3Cl)c3c2n1[C@@H](C)CC3. The number of aryl methyl sites for hydroxylation is 2. The second kappa shape index (κ2) is 8.33. The van der Waals surface area contributed by atoms with Gasteiger partial charge in [0.1, 0.15) is 11.3 Å². The number of nitrogens with zero attached hydrogens (tertiary/aromatic N) is 5. The molecule has 2 aliphatic rings. The smallest absolute Gasteiger partial charge is 0.223 e. The molecule has 0 bridgehead atoms. The van der Waals surface area contributed by atoms with E-state index in [2.05, 4.69) is 31.8 Å². The number of imidazole rings is 1. The Morgan fingerprint density at radius 1 is 1.34 bits per heavy atom. The van der Waals surface area contributed by atoms with Gasteiger partial charge in [0.25, 0.3) is 0 Å². The first kappa shape index (κ1) is 21.7. The summed E-state index contributed by atoms with van der Waals surface area (Å²) in [6, 6.07) is 1.41. The highest BCUT2D eigenvalue weighted by atomic mass is 35.5. The lowest BCUT2D eigenvalue weighted by molar-refractivity contribution is 0.0980. The third-order valence-electron chi connectivity index (χ3n) is 6.44. The highest BCUT2D eigenvalue weighted by Gasteiger charge is 2.30. The molecule has 0 saturated carbocycles. The molecule has 8 nitrogen and oxygen atoms in total. The van der Waals surface area contributed by atoms with E-state index < -0.39 is 11.9 Å². The fraction of sp³-hybridized carbons (Fsp3) is 0.476. The Labute approximate surface area is 193 Å². The minimum absolute atomic E-state index is 0.0981. The fourth-order valence-corrected chi connectivity index (χ4v) is 5.47. The van der Waals surface area contributed by atoms with Crippen molar-refractivity contribution in [1.29, 1.82) is 0 Å². The first-order valence-electron chi connectivity index (χ1n) is 10.6. The lowest BCUT2D eigenvalue weighted by Crippen LogP contribution is -2.48. The predicted molar refractivity (Wildman–Crippen MR) is 123 cm³/mol. The van der Waals surface area contributed by atoms with Crippen molar-refractivity contribution in [3.05, 3.63) is 34.5 Å². The number of nitrogens with one attached hydrogen (secondary N) is 1. The Hall–Kier alpha value is -2.14. The summed E-state index contributed by atoms with van der Waals surface area (Å²) >= 11 is 6.38. The number of aromatic nitrogens is 4. The molecule has 32 heavy (non-hydrogen) atoms. The molecule has 1 fully saturated rings. The Balaban J connectivity index is 1.56. The summed E-state index contributed by atoms with van der Waals surface area (Å²) in [6.45, 7) is 4.88. The van der Waals surface area contributed by atoms with E-state index in [1.165, 1.54) is 12.3 Å². The molecular weight excluding hydrogens is 455 g/mol. The molecule has 2 aliphatic heterocycles. The highest BCUT2D eigenvalue weighted by molar-refractivity contribution is 7.63. The molecule has 0 aliphatic carbocycles. The summed E-state index contributed by atoms with van der Waals surface area (Å²) in [5.74, 6) is 0.694. The van der Waals surface area contributed by atoms with Gasteiger partial charge in [-0.15, -0.1) is 0 Å². The van der Waals surface area contributed by atoms with Crippen molar-refractivity contribution in [3.63, 3.8) is 0 Å². The van der Waals surface area contributed by atoms with Gasteiger partial charge in [-0.05, 0) is 44.7 Å². The zero-order chi connectivity index (χ0) is 22.6. The van der Waals surface area contributed by atoms with Crippen LogP contribution in [0, 0.1) is 12.7 Å². The third-order valence-corrected chi connectivity index (χ3v) is 7.31. The maximum Gasteiger partial charge on any atom is 0.223 e. The molecule has 1 aromatic carbocycles. The number of halogens is 2. The Kier molecular flexibility index (Phi) is 5.65. The topological polar surface area (TPSA) is 96.2 Å². The molecule has 1 unspecified atom stereocenters. The van der Waals surface area contributed by atoms with Gasteiger partial charge in [-0.3, -0.25) is 0 Å². The fourth-order valence-electron chi connectivity index (χ4n) is 4.84. The molecule has 11 heteroatoms. The zero-order valence-corrected chi connectivity index (χ0v) is 19.4. The van der Waals surface area contributed by atoms with Gasteiger partial charge in [0, 0.05) is 24.7 Å². The molecule has 4 heterocycles. The number of anilines is 1. The summed E-state index contributed by atoms with van der Waals surface area (Å²) in [5, 5.41) is 13.9. The predicted octanol–water partition coefficient (Wildman–Crippen LogP) is 2.81. The van der Waals surface area contributed by atoms with Gasteiger partial charge in [0.05, 0.1) is 46.4 Å². The van der Waals surface area contributed by atoms with E-state index in [1.807, 2.05) is 6.92 Å². The molecule has 0 spiro atoms. The molecule has 0 radical (unpaired) electrons. The summed E-state index contributed by atoms with van der Waals surface area (Å²) in [4.78, 5) is 13.3. The van der Waals surface area contributed by atoms with Crippen LogP contribution in [0.1, 0.15) is 37.2 Å². The number of thiol groups is 1. The number of β-amino-alcohol motifs (C(OH)–C–C–N with tert-alkyl or cyclic N) is 1. The van der Waals surface area contributed by atoms with Gasteiger partial charge in [0.2, 0.25) is 5.95 Å². The van der Waals surface area contributed by atoms with Gasteiger partial charge in [-0.2, -0.15) is 0 Å². The second-order valence-corrected chi connectivity index (χ2v) is 9.63. The lowest BCUT2D eigenvalue weighted by Gasteiger charge is -2.33. The van der Waals surface area contributed by atoms with Crippen molar-refractivity contribution in [2.45, 2.75) is 51.3 Å². The van der Waals surface area contributed by atoms with Gasteiger partial charge in [-0.25, -0.2) is 27.9 Å². The van der Waals surface area contributed by atoms with E-state index in [1.54, 1.807) is 4.31 Å². The van der Waals surface area contributed by atoms with E-state index in [0.717, 1.165) is 29.7 Å². The van der Waals surface area contributed by atoms with Crippen molar-refractivity contribution < 1.29 is 13.7 Å². The van der Waals surface area contributed by atoms with E-state index in [-0.39, 0.29) is 30.5 Å². The van der Waals surface area contributed by atoms with Crippen molar-refractivity contribution in [3.8, 4) is 11.3 Å². The number of aliphatic hydroxyl groups excluding tert-OH is 1. The minimum Gasteiger partial charge on any atom is -0.390 e. The summed E-state index contributed by atoms with van der Waals surface area (Å²) < 4.78 is 29.9. The van der Waals surface area contributed by atoms with Crippen LogP contribution >= 0.6 is 11.6 Å². The molecule has 3 aromatic rings. The van der Waals surface area contributed by atoms with Crippen molar-refractivity contribution in [2.75, 3.05) is 18.4 Å². The van der Waals surface area contributed by atoms with Crippen LogP contribution in [-0.4, -0.2) is 58.4 Å². The number of hydrogen-bond donors (Lipinski definition) is 3. The van der Waals surface area contributed by atoms with Crippen molar-refractivity contribution in [2.24, 2.45) is 0 Å². The summed E-state index contributed by atoms with van der Waals surface area (Å²) in [6.07, 6.45) is 3.04. The molecule has 0 amide bonds. The van der Waals surface area contributed by atoms with Crippen LogP contribution in [0.25, 0.3) is 22.3 Å². The molecule has 170 valence electrons. The normalized spacial score (nSPS) is 23.6. The monoisotopic (exact) mass is 478 g/mol. The molecule has 3 atom stereocenters. The van der Waals surface area contributed by atoms with Gasteiger partial charge in [-0.1, -0.05) is 11.6 Å². The second-order valence-electron chi connectivity index (χ2n) is 8.49. The molecule has 5 rings (SSSR count). The number of hydrogen-bond acceptors (Lipinski definition) is 6. The quantitative estimate of drug-likeness (QED) is 0.499. The van der Waals surface area contributed by atoms with Crippen molar-refractivity contribution in [1.82, 2.24) is 23.8 Å². The number of rotatable bonds is 4. The van der Waals surface area contributed by atoms with Crippen LogP contribution in [0.15, 0.2) is 12.3 Å². The zero-order valence-electron chi connectivity index (χ0n) is 17.7. The summed E-state index contributed by atoms with van der Waals surface area (Å²) in [7, 11) is 0. The molecular formula is C21H24ClFN6O2S. The van der Waals surface area contributed by atoms with Crippen LogP contribution in [0.4, 0.5) is 10.3 Å². The highest BCUT2D eigenvalue weighted by Crippen LogP contribution is 2.40. The van der Waals surface area contributed by atoms with Crippen molar-refractivity contribution >= 4 is 40.4 Å². The van der Waals surface area contributed by atoms with E-state index in [9.17, 15) is 9.32 Å². The van der Waals surface area contributed by atoms with Gasteiger partial charge < -0.3 is 15.0 Å². The first-order valence-corrected chi connectivity index (χ1v) is 11.8. The van der Waals surface area contributed by atoms with E-state index >= 15 is 4.39 Å². The lowest BCUT2D eigenvalue weighted by atomic mass is 9.93. The number of piperidine rings is 1. The number of benzene rings is 1. The van der Waals surface area contributed by atoms with E-state index in [4.69, 9.17) is 11.6 Å². The Morgan fingerprint density at radius 2 is 2.16 bits per heavy atom. The average molecular weight is 479 g/mol. The largest absolute Gasteiger partial charge is 0.390 e. The Bertz CT molecular complexity index is 1220. The van der Waals surface area contributed by atoms with Crippen LogP contribution < -0.4 is 5.32 Å². The summed E-state index contributed by atoms with van der Waals surface area (Å²) in [5.41, 5.74) is 3.25. The first-order chi connectivity index (χ1) is 15.4. The van der Waals surface area contributed by atoms with Crippen LogP contribution in [0.2, 0.25) is 5.02 Å².